The molecule has 1 aliphatic rings. The van der Waals surface area contributed by atoms with Crippen LogP contribution in [0.15, 0.2) is 53.1 Å². The number of nitrogens with zero attached hydrogens (tertiary/aromatic N) is 2. The average Bonchev–Trinajstić information content (AvgIpc) is 3.09. The third-order valence-electron chi connectivity index (χ3n) is 5.01. The fraction of sp³-hybridized carbons (Fsp3) is 0.182. The summed E-state index contributed by atoms with van der Waals surface area (Å²) in [4.78, 5) is 15.0. The number of aromatic nitrogens is 1. The van der Waals surface area contributed by atoms with E-state index in [0.717, 1.165) is 11.1 Å². The molecule has 4 rings (SSSR count). The number of aryl methyl sites for hydroxylation is 1. The SMILES string of the molecule is Cc1onc(-c2c(Cl)cccc2Cl)c1C(=O)N1CC=C(c2ccc(O)cc2)CC1. The number of aromatic hydroxyl groups is 1. The third-order valence-corrected chi connectivity index (χ3v) is 5.64. The highest BCUT2D eigenvalue weighted by molar-refractivity contribution is 6.39. The van der Waals surface area contributed by atoms with Gasteiger partial charge in [-0.2, -0.15) is 0 Å². The summed E-state index contributed by atoms with van der Waals surface area (Å²) in [6.45, 7) is 2.73. The van der Waals surface area contributed by atoms with Crippen molar-refractivity contribution in [2.24, 2.45) is 0 Å². The van der Waals surface area contributed by atoms with Crippen LogP contribution in [0.1, 0.15) is 28.1 Å². The molecule has 1 N–H and O–H groups in total. The Labute approximate surface area is 178 Å². The van der Waals surface area contributed by atoms with Gasteiger partial charge in [0.15, 0.2) is 0 Å². The summed E-state index contributed by atoms with van der Waals surface area (Å²) in [6.07, 6.45) is 2.74. The van der Waals surface area contributed by atoms with Crippen LogP contribution in [0, 0.1) is 6.92 Å². The first-order valence-electron chi connectivity index (χ1n) is 9.14. The van der Waals surface area contributed by atoms with E-state index in [-0.39, 0.29) is 11.7 Å². The van der Waals surface area contributed by atoms with E-state index in [4.69, 9.17) is 27.7 Å². The number of rotatable bonds is 3. The van der Waals surface area contributed by atoms with Crippen molar-refractivity contribution < 1.29 is 14.4 Å². The summed E-state index contributed by atoms with van der Waals surface area (Å²) in [7, 11) is 0. The number of amides is 1. The largest absolute Gasteiger partial charge is 0.508 e. The number of benzene rings is 2. The van der Waals surface area contributed by atoms with Crippen LogP contribution in [-0.2, 0) is 0 Å². The lowest BCUT2D eigenvalue weighted by Crippen LogP contribution is -2.35. The second-order valence-corrected chi connectivity index (χ2v) is 7.65. The molecule has 5 nitrogen and oxygen atoms in total. The molecular formula is C22H18Cl2N2O3. The molecule has 29 heavy (non-hydrogen) atoms. The number of phenols is 1. The van der Waals surface area contributed by atoms with Gasteiger partial charge in [0, 0.05) is 18.7 Å². The minimum absolute atomic E-state index is 0.171. The van der Waals surface area contributed by atoms with E-state index in [2.05, 4.69) is 5.16 Å². The van der Waals surface area contributed by atoms with Gasteiger partial charge in [-0.3, -0.25) is 4.79 Å². The first-order valence-corrected chi connectivity index (χ1v) is 9.89. The van der Waals surface area contributed by atoms with Crippen molar-refractivity contribution in [3.05, 3.63) is 75.5 Å². The van der Waals surface area contributed by atoms with E-state index in [9.17, 15) is 9.90 Å². The van der Waals surface area contributed by atoms with Crippen LogP contribution in [0.3, 0.4) is 0 Å². The first kappa shape index (κ1) is 19.6. The van der Waals surface area contributed by atoms with Crippen molar-refractivity contribution in [1.82, 2.24) is 10.1 Å². The lowest BCUT2D eigenvalue weighted by Gasteiger charge is -2.27. The summed E-state index contributed by atoms with van der Waals surface area (Å²) in [5.74, 6) is 0.487. The number of carbonyl (C=O) groups excluding carboxylic acids is 1. The molecule has 1 aliphatic heterocycles. The molecule has 0 saturated heterocycles. The normalized spacial score (nSPS) is 14.0. The quantitative estimate of drug-likeness (QED) is 0.589. The number of hydrogen-bond acceptors (Lipinski definition) is 4. The Morgan fingerprint density at radius 1 is 1.14 bits per heavy atom. The Hall–Kier alpha value is -2.76. The van der Waals surface area contributed by atoms with Gasteiger partial charge in [-0.15, -0.1) is 0 Å². The summed E-state index contributed by atoms with van der Waals surface area (Å²) in [5.41, 5.74) is 3.41. The zero-order chi connectivity index (χ0) is 20.5. The maximum Gasteiger partial charge on any atom is 0.260 e. The Kier molecular flexibility index (Phi) is 5.35. The number of hydrogen-bond donors (Lipinski definition) is 1. The minimum Gasteiger partial charge on any atom is -0.508 e. The predicted molar refractivity (Wildman–Crippen MR) is 113 cm³/mol. The molecule has 1 amide bonds. The second-order valence-electron chi connectivity index (χ2n) is 6.84. The van der Waals surface area contributed by atoms with E-state index in [1.54, 1.807) is 42.2 Å². The molecule has 0 spiro atoms. The predicted octanol–water partition coefficient (Wildman–Crippen LogP) is 5.59. The fourth-order valence-corrected chi connectivity index (χ4v) is 4.04. The second kappa shape index (κ2) is 7.93. The average molecular weight is 429 g/mol. The molecule has 0 radical (unpaired) electrons. The fourth-order valence-electron chi connectivity index (χ4n) is 3.47. The van der Waals surface area contributed by atoms with Gasteiger partial charge in [-0.1, -0.05) is 52.6 Å². The molecule has 0 unspecified atom stereocenters. The number of halogens is 2. The molecule has 3 aromatic rings. The van der Waals surface area contributed by atoms with Gasteiger partial charge in [0.05, 0.1) is 10.0 Å². The molecule has 0 fully saturated rings. The smallest absolute Gasteiger partial charge is 0.260 e. The van der Waals surface area contributed by atoms with Gasteiger partial charge in [0.2, 0.25) is 0 Å². The van der Waals surface area contributed by atoms with Crippen molar-refractivity contribution in [2.75, 3.05) is 13.1 Å². The van der Waals surface area contributed by atoms with Gasteiger partial charge in [0.25, 0.3) is 5.91 Å². The van der Waals surface area contributed by atoms with Gasteiger partial charge < -0.3 is 14.5 Å². The van der Waals surface area contributed by atoms with Gasteiger partial charge >= 0.3 is 0 Å². The van der Waals surface area contributed by atoms with E-state index in [1.165, 1.54) is 0 Å². The summed E-state index contributed by atoms with van der Waals surface area (Å²) in [6, 6.07) is 12.2. The standard InChI is InChI=1S/C22H18Cl2N2O3/c1-13-19(21(25-29-13)20-17(23)3-2-4-18(20)24)22(28)26-11-9-15(10-12-26)14-5-7-16(27)8-6-14/h2-9,27H,10-12H2,1H3. The first-order chi connectivity index (χ1) is 14.0. The van der Waals surface area contributed by atoms with E-state index >= 15 is 0 Å². The third kappa shape index (κ3) is 3.76. The monoisotopic (exact) mass is 428 g/mol. The molecule has 2 heterocycles. The molecule has 0 bridgehead atoms. The molecule has 1 aromatic heterocycles. The molecule has 0 atom stereocenters. The summed E-state index contributed by atoms with van der Waals surface area (Å²) in [5, 5.41) is 14.3. The lowest BCUT2D eigenvalue weighted by atomic mass is 9.98. The summed E-state index contributed by atoms with van der Waals surface area (Å²) < 4.78 is 5.32. The van der Waals surface area contributed by atoms with Crippen LogP contribution in [0.4, 0.5) is 0 Å². The van der Waals surface area contributed by atoms with Crippen molar-refractivity contribution in [3.8, 4) is 17.0 Å². The number of phenolic OH excluding ortho intramolecular Hbond substituents is 1. The van der Waals surface area contributed by atoms with E-state index in [1.807, 2.05) is 18.2 Å². The van der Waals surface area contributed by atoms with Gasteiger partial charge in [0.1, 0.15) is 22.8 Å². The lowest BCUT2D eigenvalue weighted by molar-refractivity contribution is 0.0772. The highest BCUT2D eigenvalue weighted by atomic mass is 35.5. The van der Waals surface area contributed by atoms with Gasteiger partial charge in [-0.25, -0.2) is 0 Å². The van der Waals surface area contributed by atoms with Crippen molar-refractivity contribution in [3.63, 3.8) is 0 Å². The molecular weight excluding hydrogens is 411 g/mol. The molecule has 2 aromatic carbocycles. The molecule has 148 valence electrons. The summed E-state index contributed by atoms with van der Waals surface area (Å²) >= 11 is 12.6. The zero-order valence-corrected chi connectivity index (χ0v) is 17.2. The van der Waals surface area contributed by atoms with Crippen LogP contribution in [0.2, 0.25) is 10.0 Å². The van der Waals surface area contributed by atoms with E-state index < -0.39 is 0 Å². The highest BCUT2D eigenvalue weighted by Gasteiger charge is 2.29. The van der Waals surface area contributed by atoms with Crippen LogP contribution in [0.25, 0.3) is 16.8 Å². The van der Waals surface area contributed by atoms with Crippen molar-refractivity contribution >= 4 is 34.7 Å². The maximum atomic E-state index is 13.3. The van der Waals surface area contributed by atoms with Crippen LogP contribution in [0.5, 0.6) is 5.75 Å². The Bertz CT molecular complexity index is 1080. The van der Waals surface area contributed by atoms with E-state index in [0.29, 0.717) is 52.1 Å². The van der Waals surface area contributed by atoms with Gasteiger partial charge in [-0.05, 0) is 48.7 Å². The molecule has 0 aliphatic carbocycles. The Balaban J connectivity index is 1.62. The number of carbonyl (C=O) groups is 1. The molecule has 7 heteroatoms. The zero-order valence-electron chi connectivity index (χ0n) is 15.7. The van der Waals surface area contributed by atoms with Crippen LogP contribution < -0.4 is 0 Å². The van der Waals surface area contributed by atoms with Crippen molar-refractivity contribution in [1.29, 1.82) is 0 Å². The molecule has 0 saturated carbocycles. The van der Waals surface area contributed by atoms with Crippen molar-refractivity contribution in [2.45, 2.75) is 13.3 Å². The Morgan fingerprint density at radius 3 is 2.45 bits per heavy atom. The highest BCUT2D eigenvalue weighted by Crippen LogP contribution is 2.37. The van der Waals surface area contributed by atoms with Crippen LogP contribution >= 0.6 is 23.2 Å². The topological polar surface area (TPSA) is 66.6 Å². The Morgan fingerprint density at radius 2 is 1.83 bits per heavy atom. The maximum absolute atomic E-state index is 13.3. The minimum atomic E-state index is -0.171. The van der Waals surface area contributed by atoms with Crippen LogP contribution in [-0.4, -0.2) is 34.2 Å².